The molecule has 1 aromatic rings. The number of carbonyl (C=O) groups excluding carboxylic acids is 1. The maximum absolute atomic E-state index is 11.9. The minimum absolute atomic E-state index is 0.0159. The first-order chi connectivity index (χ1) is 7.93. The fourth-order valence-corrected chi connectivity index (χ4v) is 2.34. The quantitative estimate of drug-likeness (QED) is 0.655. The third-order valence-corrected chi connectivity index (χ3v) is 3.14. The van der Waals surface area contributed by atoms with Crippen LogP contribution in [0.4, 0.5) is 5.69 Å². The first-order valence-corrected chi connectivity index (χ1v) is 5.81. The van der Waals surface area contributed by atoms with Gasteiger partial charge in [0.1, 0.15) is 0 Å². The highest BCUT2D eigenvalue weighted by Gasteiger charge is 2.37. The number of carbonyl (C=O) groups is 1. The fourth-order valence-electron chi connectivity index (χ4n) is 2.23. The number of rotatable bonds is 1. The van der Waals surface area contributed by atoms with Crippen molar-refractivity contribution < 1.29 is 4.79 Å². The van der Waals surface area contributed by atoms with Crippen molar-refractivity contribution in [2.24, 2.45) is 5.73 Å². The summed E-state index contributed by atoms with van der Waals surface area (Å²) in [4.78, 5) is 11.9. The molecule has 0 spiro atoms. The molecule has 1 amide bonds. The van der Waals surface area contributed by atoms with E-state index in [2.05, 4.69) is 10.6 Å². The molecular weight excluding hydrogens is 234 g/mol. The second-order valence-corrected chi connectivity index (χ2v) is 5.08. The molecule has 0 atom stereocenters. The van der Waals surface area contributed by atoms with Gasteiger partial charge in [0, 0.05) is 12.2 Å². The van der Waals surface area contributed by atoms with E-state index in [9.17, 15) is 4.79 Å². The second-order valence-electron chi connectivity index (χ2n) is 4.64. The van der Waals surface area contributed by atoms with Crippen molar-refractivity contribution in [3.05, 3.63) is 29.3 Å². The molecule has 4 N–H and O–H groups in total. The van der Waals surface area contributed by atoms with Crippen LogP contribution in [0.5, 0.6) is 0 Å². The first kappa shape index (κ1) is 11.9. The monoisotopic (exact) mass is 249 g/mol. The van der Waals surface area contributed by atoms with E-state index >= 15 is 0 Å². The molecule has 1 heterocycles. The third-order valence-electron chi connectivity index (χ3n) is 3.04. The van der Waals surface area contributed by atoms with E-state index in [1.54, 1.807) is 0 Å². The molecule has 0 saturated heterocycles. The molecule has 1 aliphatic rings. The van der Waals surface area contributed by atoms with Gasteiger partial charge in [0.2, 0.25) is 5.91 Å². The van der Waals surface area contributed by atoms with Crippen LogP contribution in [0.3, 0.4) is 0 Å². The van der Waals surface area contributed by atoms with E-state index in [0.29, 0.717) is 6.54 Å². The van der Waals surface area contributed by atoms with Gasteiger partial charge in [0.05, 0.1) is 5.41 Å². The van der Waals surface area contributed by atoms with Gasteiger partial charge in [-0.25, -0.2) is 0 Å². The Labute approximate surface area is 106 Å². The summed E-state index contributed by atoms with van der Waals surface area (Å²) in [6.45, 7) is 4.33. The second kappa shape index (κ2) is 4.00. The number of benzene rings is 1. The normalized spacial score (nSPS) is 16.9. The highest BCUT2D eigenvalue weighted by atomic mass is 32.1. The minimum atomic E-state index is -0.581. The lowest BCUT2D eigenvalue weighted by molar-refractivity contribution is -0.126. The van der Waals surface area contributed by atoms with Crippen molar-refractivity contribution in [2.75, 3.05) is 5.32 Å². The zero-order valence-electron chi connectivity index (χ0n) is 9.83. The Morgan fingerprint density at radius 3 is 2.88 bits per heavy atom. The largest absolute Gasteiger partial charge is 0.376 e. The number of amides is 1. The highest BCUT2D eigenvalue weighted by molar-refractivity contribution is 7.80. The van der Waals surface area contributed by atoms with Gasteiger partial charge in [0.25, 0.3) is 0 Å². The Balaban J connectivity index is 2.58. The van der Waals surface area contributed by atoms with Crippen LogP contribution >= 0.6 is 12.2 Å². The molecule has 0 fully saturated rings. The Kier molecular flexibility index (Phi) is 2.79. The molecule has 0 radical (unpaired) electrons. The molecular formula is C12H15N3OS. The SMILES string of the molecule is CC1(C)C(=O)NCc2cccc(NC(N)=S)c21. The number of hydrogen-bond donors (Lipinski definition) is 3. The van der Waals surface area contributed by atoms with E-state index < -0.39 is 5.41 Å². The maximum Gasteiger partial charge on any atom is 0.230 e. The van der Waals surface area contributed by atoms with Crippen LogP contribution in [0.25, 0.3) is 0 Å². The molecule has 4 nitrogen and oxygen atoms in total. The molecule has 5 heteroatoms. The lowest BCUT2D eigenvalue weighted by Gasteiger charge is -2.33. The van der Waals surface area contributed by atoms with Gasteiger partial charge in [-0.2, -0.15) is 0 Å². The Morgan fingerprint density at radius 1 is 1.53 bits per heavy atom. The zero-order chi connectivity index (χ0) is 12.6. The molecule has 0 aliphatic carbocycles. The molecule has 17 heavy (non-hydrogen) atoms. The lowest BCUT2D eigenvalue weighted by atomic mass is 9.77. The summed E-state index contributed by atoms with van der Waals surface area (Å²) < 4.78 is 0. The van der Waals surface area contributed by atoms with Gasteiger partial charge in [0.15, 0.2) is 5.11 Å². The van der Waals surface area contributed by atoms with E-state index in [1.165, 1.54) is 0 Å². The van der Waals surface area contributed by atoms with E-state index in [4.69, 9.17) is 18.0 Å². The fraction of sp³-hybridized carbons (Fsp3) is 0.333. The van der Waals surface area contributed by atoms with Gasteiger partial charge >= 0.3 is 0 Å². The summed E-state index contributed by atoms with van der Waals surface area (Å²) in [7, 11) is 0. The van der Waals surface area contributed by atoms with E-state index in [1.807, 2.05) is 32.0 Å². The number of anilines is 1. The van der Waals surface area contributed by atoms with Crippen molar-refractivity contribution in [1.29, 1.82) is 0 Å². The standard InChI is InChI=1S/C12H15N3OS/c1-12(2)9-7(6-14-10(12)16)4-3-5-8(9)15-11(13)17/h3-5H,6H2,1-2H3,(H,14,16)(H3,13,15,17). The number of nitrogens with two attached hydrogens (primary N) is 1. The Hall–Kier alpha value is -1.62. The van der Waals surface area contributed by atoms with Crippen LogP contribution in [0.15, 0.2) is 18.2 Å². The third kappa shape index (κ3) is 1.98. The molecule has 0 bridgehead atoms. The summed E-state index contributed by atoms with van der Waals surface area (Å²) >= 11 is 4.85. The Bertz CT molecular complexity index is 497. The predicted molar refractivity (Wildman–Crippen MR) is 71.7 cm³/mol. The lowest BCUT2D eigenvalue weighted by Crippen LogP contribution is -2.45. The van der Waals surface area contributed by atoms with Crippen molar-refractivity contribution >= 4 is 28.9 Å². The first-order valence-electron chi connectivity index (χ1n) is 5.40. The molecule has 2 rings (SSSR count). The van der Waals surface area contributed by atoms with Crippen LogP contribution < -0.4 is 16.4 Å². The van der Waals surface area contributed by atoms with Crippen LogP contribution in [0.1, 0.15) is 25.0 Å². The maximum atomic E-state index is 11.9. The minimum Gasteiger partial charge on any atom is -0.376 e. The van der Waals surface area contributed by atoms with Gasteiger partial charge in [-0.15, -0.1) is 0 Å². The van der Waals surface area contributed by atoms with Crippen LogP contribution in [0, 0.1) is 0 Å². The molecule has 0 saturated carbocycles. The summed E-state index contributed by atoms with van der Waals surface area (Å²) in [6.07, 6.45) is 0. The number of thiocarbonyl (C=S) groups is 1. The molecule has 1 aromatic carbocycles. The zero-order valence-corrected chi connectivity index (χ0v) is 10.6. The topological polar surface area (TPSA) is 67.2 Å². The summed E-state index contributed by atoms with van der Waals surface area (Å²) in [5, 5.41) is 6.03. The van der Waals surface area contributed by atoms with Gasteiger partial charge < -0.3 is 16.4 Å². The van der Waals surface area contributed by atoms with Crippen molar-refractivity contribution in [2.45, 2.75) is 25.8 Å². The molecule has 0 unspecified atom stereocenters. The smallest absolute Gasteiger partial charge is 0.230 e. The van der Waals surface area contributed by atoms with Gasteiger partial charge in [-0.3, -0.25) is 4.79 Å². The van der Waals surface area contributed by atoms with Gasteiger partial charge in [-0.05, 0) is 43.3 Å². The van der Waals surface area contributed by atoms with Crippen molar-refractivity contribution in [3.8, 4) is 0 Å². The summed E-state index contributed by atoms with van der Waals surface area (Å²) in [5.41, 5.74) is 7.80. The van der Waals surface area contributed by atoms with Crippen LogP contribution in [-0.4, -0.2) is 11.0 Å². The van der Waals surface area contributed by atoms with E-state index in [-0.39, 0.29) is 11.0 Å². The van der Waals surface area contributed by atoms with Gasteiger partial charge in [-0.1, -0.05) is 12.1 Å². The predicted octanol–water partition coefficient (Wildman–Crippen LogP) is 1.25. The number of nitrogens with one attached hydrogen (secondary N) is 2. The number of hydrogen-bond acceptors (Lipinski definition) is 2. The number of fused-ring (bicyclic) bond motifs is 1. The van der Waals surface area contributed by atoms with Crippen molar-refractivity contribution in [3.63, 3.8) is 0 Å². The summed E-state index contributed by atoms with van der Waals surface area (Å²) in [5.74, 6) is 0.0159. The Morgan fingerprint density at radius 2 is 2.24 bits per heavy atom. The molecule has 90 valence electrons. The highest BCUT2D eigenvalue weighted by Crippen LogP contribution is 2.36. The van der Waals surface area contributed by atoms with Crippen LogP contribution in [-0.2, 0) is 16.8 Å². The molecule has 1 aliphatic heterocycles. The average Bonchev–Trinajstić information content (AvgIpc) is 2.23. The molecule has 0 aromatic heterocycles. The summed E-state index contributed by atoms with van der Waals surface area (Å²) in [6, 6.07) is 5.81. The van der Waals surface area contributed by atoms with E-state index in [0.717, 1.165) is 16.8 Å². The average molecular weight is 249 g/mol. The van der Waals surface area contributed by atoms with Crippen LogP contribution in [0.2, 0.25) is 0 Å². The van der Waals surface area contributed by atoms with Crippen molar-refractivity contribution in [1.82, 2.24) is 5.32 Å².